The van der Waals surface area contributed by atoms with Crippen LogP contribution in [-0.4, -0.2) is 5.16 Å². The molecule has 0 aliphatic heterocycles. The molecular weight excluding hydrogens is 187 g/mol. The Kier molecular flexibility index (Phi) is 2.35. The molecule has 0 fully saturated rings. The average Bonchev–Trinajstić information content (AvgIpc) is 2.32. The summed E-state index contributed by atoms with van der Waals surface area (Å²) in [6.07, 6.45) is 12.0. The van der Waals surface area contributed by atoms with Crippen LogP contribution in [0.25, 0.3) is 0 Å². The Morgan fingerprint density at radius 2 is 2.14 bits per heavy atom. The molecule has 2 aliphatic carbocycles. The molecule has 2 atom stereocenters. The van der Waals surface area contributed by atoms with Gasteiger partial charge in [-0.25, -0.2) is 0 Å². The van der Waals surface area contributed by atoms with Crippen LogP contribution < -0.4 is 0 Å². The number of hydrogen-bond acceptors (Lipinski definition) is 0. The highest BCUT2D eigenvalue weighted by Gasteiger charge is 2.17. The first-order valence-electron chi connectivity index (χ1n) is 4.89. The second-order valence-corrected chi connectivity index (χ2v) is 5.66. The second kappa shape index (κ2) is 3.39. The van der Waals surface area contributed by atoms with Crippen LogP contribution in [0.2, 0.25) is 0 Å². The second-order valence-electron chi connectivity index (χ2n) is 4.34. The molecule has 72 valence electrons. The minimum Gasteiger partial charge on any atom is -0.127 e. The topological polar surface area (TPSA) is 0 Å². The molecule has 0 aromatic carbocycles. The van der Waals surface area contributed by atoms with E-state index in [-0.39, 0.29) is 5.16 Å². The Bertz CT molecular complexity index is 411. The molecule has 2 bridgehead atoms. The van der Waals surface area contributed by atoms with Gasteiger partial charge in [-0.05, 0) is 30.6 Å². The summed E-state index contributed by atoms with van der Waals surface area (Å²) < 4.78 is 0. The fraction of sp³-hybridized carbons (Fsp3) is 0.308. The van der Waals surface area contributed by atoms with E-state index in [4.69, 9.17) is 0 Å². The number of hydrogen-bond donors (Lipinski definition) is 0. The molecule has 2 aliphatic rings. The molecule has 0 spiro atoms. The fourth-order valence-electron chi connectivity index (χ4n) is 1.73. The maximum absolute atomic E-state index is 3.43. The third-order valence-electron chi connectivity index (χ3n) is 2.45. The van der Waals surface area contributed by atoms with Gasteiger partial charge in [-0.15, -0.1) is 15.0 Å². The van der Waals surface area contributed by atoms with Crippen LogP contribution in [0.3, 0.4) is 0 Å². The van der Waals surface area contributed by atoms with E-state index in [1.807, 2.05) is 0 Å². The SMILES string of the molecule is CC1=CC2=C=C(C=C1)CC(C)(P)C=C2. The largest absolute Gasteiger partial charge is 0.127 e. The molecule has 0 saturated carbocycles. The predicted molar refractivity (Wildman–Crippen MR) is 65.3 cm³/mol. The van der Waals surface area contributed by atoms with Gasteiger partial charge in [-0.1, -0.05) is 31.2 Å². The van der Waals surface area contributed by atoms with Gasteiger partial charge in [0, 0.05) is 10.7 Å². The Morgan fingerprint density at radius 3 is 2.93 bits per heavy atom. The first-order valence-corrected chi connectivity index (χ1v) is 5.47. The summed E-state index contributed by atoms with van der Waals surface area (Å²) in [5, 5.41) is 0.174. The van der Waals surface area contributed by atoms with Crippen molar-refractivity contribution in [2.45, 2.75) is 25.4 Å². The molecule has 0 radical (unpaired) electrons. The van der Waals surface area contributed by atoms with Crippen molar-refractivity contribution in [1.29, 1.82) is 0 Å². The molecule has 0 amide bonds. The van der Waals surface area contributed by atoms with Gasteiger partial charge in [0.15, 0.2) is 0 Å². The number of rotatable bonds is 0. The van der Waals surface area contributed by atoms with Gasteiger partial charge in [-0.3, -0.25) is 0 Å². The molecule has 14 heavy (non-hydrogen) atoms. The van der Waals surface area contributed by atoms with E-state index in [1.54, 1.807) is 0 Å². The van der Waals surface area contributed by atoms with Crippen LogP contribution in [0.5, 0.6) is 0 Å². The van der Waals surface area contributed by atoms with Crippen LogP contribution in [0.15, 0.2) is 52.8 Å². The predicted octanol–water partition coefficient (Wildman–Crippen LogP) is 3.55. The lowest BCUT2D eigenvalue weighted by Crippen LogP contribution is -2.11. The standard InChI is InChI=1S/C13H15P/c1-10-3-4-12-8-11(7-10)5-6-13(2,14)9-12/h3-7H,9,14H2,1-2H3. The Labute approximate surface area is 88.0 Å². The van der Waals surface area contributed by atoms with Crippen molar-refractivity contribution in [2.75, 3.05) is 0 Å². The van der Waals surface area contributed by atoms with Crippen molar-refractivity contribution in [3.8, 4) is 0 Å². The van der Waals surface area contributed by atoms with E-state index in [0.29, 0.717) is 0 Å². The molecule has 0 saturated heterocycles. The van der Waals surface area contributed by atoms with E-state index >= 15 is 0 Å². The zero-order valence-corrected chi connectivity index (χ0v) is 9.83. The molecule has 2 unspecified atom stereocenters. The summed E-state index contributed by atoms with van der Waals surface area (Å²) in [5.41, 5.74) is 7.20. The fourth-order valence-corrected chi connectivity index (χ4v) is 2.05. The summed E-state index contributed by atoms with van der Waals surface area (Å²) in [5.74, 6) is 0. The lowest BCUT2D eigenvalue weighted by molar-refractivity contribution is 0.790. The van der Waals surface area contributed by atoms with Crippen LogP contribution in [0.1, 0.15) is 20.3 Å². The van der Waals surface area contributed by atoms with Gasteiger partial charge in [0.1, 0.15) is 0 Å². The first-order chi connectivity index (χ1) is 6.55. The molecule has 0 heterocycles. The molecule has 0 nitrogen and oxygen atoms in total. The normalized spacial score (nSPS) is 30.1. The van der Waals surface area contributed by atoms with Gasteiger partial charge in [-0.2, -0.15) is 0 Å². The molecule has 0 aromatic rings. The smallest absolute Gasteiger partial charge is 0.0167 e. The van der Waals surface area contributed by atoms with Gasteiger partial charge in [0.05, 0.1) is 0 Å². The Balaban J connectivity index is 2.49. The van der Waals surface area contributed by atoms with E-state index in [0.717, 1.165) is 6.42 Å². The van der Waals surface area contributed by atoms with Gasteiger partial charge < -0.3 is 0 Å². The van der Waals surface area contributed by atoms with Crippen LogP contribution >= 0.6 is 9.24 Å². The molecule has 0 aromatic heterocycles. The van der Waals surface area contributed by atoms with E-state index in [2.05, 4.69) is 59.2 Å². The van der Waals surface area contributed by atoms with E-state index in [1.165, 1.54) is 16.7 Å². The van der Waals surface area contributed by atoms with Gasteiger partial charge >= 0.3 is 0 Å². The zero-order valence-electron chi connectivity index (χ0n) is 8.67. The number of allylic oxidation sites excluding steroid dienone is 7. The summed E-state index contributed by atoms with van der Waals surface area (Å²) >= 11 is 0. The first kappa shape index (κ1) is 9.71. The maximum Gasteiger partial charge on any atom is 0.0167 e. The minimum absolute atomic E-state index is 0.174. The summed E-state index contributed by atoms with van der Waals surface area (Å²) in [6.45, 7) is 4.35. The van der Waals surface area contributed by atoms with Crippen LogP contribution in [0.4, 0.5) is 0 Å². The van der Waals surface area contributed by atoms with Crippen molar-refractivity contribution in [3.05, 3.63) is 52.8 Å². The quantitative estimate of drug-likeness (QED) is 0.416. The van der Waals surface area contributed by atoms with Gasteiger partial charge in [0.25, 0.3) is 0 Å². The monoisotopic (exact) mass is 202 g/mol. The summed E-state index contributed by atoms with van der Waals surface area (Å²) in [7, 11) is 2.90. The van der Waals surface area contributed by atoms with Crippen molar-refractivity contribution < 1.29 is 0 Å². The Hall–Kier alpha value is -0.830. The highest BCUT2D eigenvalue weighted by Crippen LogP contribution is 2.32. The zero-order chi connectivity index (χ0) is 10.2. The van der Waals surface area contributed by atoms with E-state index in [9.17, 15) is 0 Å². The average molecular weight is 202 g/mol. The van der Waals surface area contributed by atoms with Crippen LogP contribution in [-0.2, 0) is 0 Å². The maximum atomic E-state index is 3.43. The van der Waals surface area contributed by atoms with Crippen molar-refractivity contribution in [3.63, 3.8) is 0 Å². The lowest BCUT2D eigenvalue weighted by atomic mass is 10.0. The lowest BCUT2D eigenvalue weighted by Gasteiger charge is -2.18. The molecule has 2 rings (SSSR count). The van der Waals surface area contributed by atoms with Crippen molar-refractivity contribution >= 4 is 9.24 Å². The highest BCUT2D eigenvalue weighted by atomic mass is 31.0. The summed E-state index contributed by atoms with van der Waals surface area (Å²) in [6, 6.07) is 0. The third-order valence-corrected chi connectivity index (χ3v) is 2.85. The minimum atomic E-state index is 0.174. The molecule has 1 heteroatoms. The third kappa shape index (κ3) is 2.15. The van der Waals surface area contributed by atoms with Crippen LogP contribution in [0, 0.1) is 0 Å². The van der Waals surface area contributed by atoms with Crippen molar-refractivity contribution in [2.24, 2.45) is 0 Å². The summed E-state index contributed by atoms with van der Waals surface area (Å²) in [4.78, 5) is 0. The highest BCUT2D eigenvalue weighted by molar-refractivity contribution is 7.19. The van der Waals surface area contributed by atoms with Crippen molar-refractivity contribution in [1.82, 2.24) is 0 Å². The van der Waals surface area contributed by atoms with Gasteiger partial charge in [0.2, 0.25) is 0 Å². The molecular formula is C13H15P. The van der Waals surface area contributed by atoms with E-state index < -0.39 is 0 Å². The molecule has 0 N–H and O–H groups in total. The Morgan fingerprint density at radius 1 is 1.36 bits per heavy atom.